The van der Waals surface area contributed by atoms with E-state index in [1.165, 1.54) is 10.8 Å². The molecule has 0 saturated carbocycles. The van der Waals surface area contributed by atoms with Crippen LogP contribution < -0.4 is 0 Å². The van der Waals surface area contributed by atoms with Crippen molar-refractivity contribution in [3.05, 3.63) is 169 Å². The van der Waals surface area contributed by atoms with E-state index in [0.717, 1.165) is 44.4 Å². The molecule has 0 spiro atoms. The van der Waals surface area contributed by atoms with Crippen molar-refractivity contribution < 1.29 is 0 Å². The van der Waals surface area contributed by atoms with Gasteiger partial charge < -0.3 is 0 Å². The van der Waals surface area contributed by atoms with Gasteiger partial charge in [0.25, 0.3) is 0 Å². The van der Waals surface area contributed by atoms with Crippen LogP contribution in [-0.4, -0.2) is 22.6 Å². The molecule has 0 amide bonds. The number of aliphatic imine (C=N–C) groups is 2. The molecule has 0 radical (unpaired) electrons. The molecule has 0 aliphatic carbocycles. The van der Waals surface area contributed by atoms with Crippen LogP contribution in [0.1, 0.15) is 11.1 Å². The summed E-state index contributed by atoms with van der Waals surface area (Å²) in [4.78, 5) is 9.69. The van der Waals surface area contributed by atoms with E-state index < -0.39 is 0 Å². The Morgan fingerprint density at radius 1 is 0.465 bits per heavy atom. The summed E-state index contributed by atoms with van der Waals surface area (Å²) in [6.07, 6.45) is 1.82. The molecule has 7 rings (SSSR count). The van der Waals surface area contributed by atoms with Gasteiger partial charge in [0.15, 0.2) is 11.7 Å². The summed E-state index contributed by atoms with van der Waals surface area (Å²) in [5.41, 5.74) is 8.19. The number of nitrogens with zero attached hydrogens (tertiary/aromatic N) is 3. The lowest BCUT2D eigenvalue weighted by Gasteiger charge is -2.07. The molecule has 0 aliphatic heterocycles. The number of amidine groups is 2. The van der Waals surface area contributed by atoms with Gasteiger partial charge in [-0.1, -0.05) is 146 Å². The van der Waals surface area contributed by atoms with Gasteiger partial charge >= 0.3 is 0 Å². The van der Waals surface area contributed by atoms with Gasteiger partial charge in [-0.3, -0.25) is 9.98 Å². The van der Waals surface area contributed by atoms with E-state index in [4.69, 9.17) is 15.4 Å². The second kappa shape index (κ2) is 11.6. The number of nitrogens with one attached hydrogen (secondary N) is 1. The third kappa shape index (κ3) is 5.30. The number of para-hydroxylation sites is 2. The first-order valence-corrected chi connectivity index (χ1v) is 14.3. The Balaban J connectivity index is 1.29. The highest BCUT2D eigenvalue weighted by Crippen LogP contribution is 2.28. The molecule has 4 nitrogen and oxygen atoms in total. The Morgan fingerprint density at radius 3 is 1.40 bits per heavy atom. The Kier molecular flexibility index (Phi) is 7.00. The summed E-state index contributed by atoms with van der Waals surface area (Å²) in [5.74, 6) is 0.625. The van der Waals surface area contributed by atoms with E-state index in [-0.39, 0.29) is 5.84 Å². The Bertz CT molecular complexity index is 2050. The molecule has 0 saturated heterocycles. The lowest BCUT2D eigenvalue weighted by molar-refractivity contribution is 1.31. The summed E-state index contributed by atoms with van der Waals surface area (Å²) >= 11 is 0. The van der Waals surface area contributed by atoms with Gasteiger partial charge in [-0.05, 0) is 34.4 Å². The van der Waals surface area contributed by atoms with Gasteiger partial charge in [0, 0.05) is 21.9 Å². The minimum Gasteiger partial charge on any atom is -0.300 e. The molecule has 204 valence electrons. The third-order valence-electron chi connectivity index (χ3n) is 7.65. The zero-order valence-electron chi connectivity index (χ0n) is 23.4. The molecule has 0 atom stereocenters. The molecule has 0 fully saturated rings. The first-order valence-electron chi connectivity index (χ1n) is 14.3. The number of hydrogen-bond donors (Lipinski definition) is 1. The standard InChI is InChI=1S/C39H28N4/c40-38(32-23-19-30(20-24-32)28-11-3-1-4-12-28)42-39(33-25-21-31(22-26-33)29-13-5-2-6-14-29)41-27-43-36-17-9-7-15-34(36)35-16-8-10-18-37(35)43/h1-27,40H/b40-38?,41-27+,42-39-. The highest BCUT2D eigenvalue weighted by atomic mass is 15.1. The Morgan fingerprint density at radius 2 is 0.884 bits per heavy atom. The van der Waals surface area contributed by atoms with Crippen molar-refractivity contribution >= 4 is 39.8 Å². The van der Waals surface area contributed by atoms with E-state index in [9.17, 15) is 0 Å². The normalized spacial score (nSPS) is 11.9. The van der Waals surface area contributed by atoms with Gasteiger partial charge in [-0.2, -0.15) is 0 Å². The molecular weight excluding hydrogens is 524 g/mol. The third-order valence-corrected chi connectivity index (χ3v) is 7.65. The van der Waals surface area contributed by atoms with Gasteiger partial charge in [-0.25, -0.2) is 9.98 Å². The second-order valence-electron chi connectivity index (χ2n) is 10.3. The maximum atomic E-state index is 8.91. The van der Waals surface area contributed by atoms with E-state index in [1.807, 2.05) is 91.3 Å². The van der Waals surface area contributed by atoms with Crippen LogP contribution in [0.5, 0.6) is 0 Å². The fraction of sp³-hybridized carbons (Fsp3) is 0. The number of fused-ring (bicyclic) bond motifs is 3. The zero-order chi connectivity index (χ0) is 29.0. The van der Waals surface area contributed by atoms with Crippen LogP contribution in [0.4, 0.5) is 0 Å². The number of aromatic nitrogens is 1. The van der Waals surface area contributed by atoms with Crippen LogP contribution in [0.25, 0.3) is 44.1 Å². The molecule has 0 bridgehead atoms. The average Bonchev–Trinajstić information content (AvgIpc) is 3.41. The summed E-state index contributed by atoms with van der Waals surface area (Å²) in [7, 11) is 0. The summed E-state index contributed by atoms with van der Waals surface area (Å²) < 4.78 is 2.09. The van der Waals surface area contributed by atoms with Crippen LogP contribution in [0.15, 0.2) is 168 Å². The average molecular weight is 553 g/mol. The van der Waals surface area contributed by atoms with Crippen LogP contribution in [0.2, 0.25) is 0 Å². The molecule has 7 aromatic rings. The molecule has 1 heterocycles. The predicted octanol–water partition coefficient (Wildman–Crippen LogP) is 9.48. The SMILES string of the molecule is N=C(/N=C(\N=C\n1c2ccccc2c2ccccc21)c1ccc(-c2ccccc2)cc1)c1ccc(-c2ccccc2)cc1. The molecule has 0 aliphatic rings. The largest absolute Gasteiger partial charge is 0.300 e. The number of benzene rings is 6. The number of rotatable bonds is 5. The summed E-state index contributed by atoms with van der Waals surface area (Å²) in [5, 5.41) is 11.2. The van der Waals surface area contributed by atoms with Gasteiger partial charge in [0.1, 0.15) is 6.34 Å². The van der Waals surface area contributed by atoms with Crippen molar-refractivity contribution in [3.63, 3.8) is 0 Å². The van der Waals surface area contributed by atoms with Crippen molar-refractivity contribution in [2.45, 2.75) is 0 Å². The van der Waals surface area contributed by atoms with Crippen molar-refractivity contribution in [3.8, 4) is 22.3 Å². The topological polar surface area (TPSA) is 53.5 Å². The summed E-state index contributed by atoms with van der Waals surface area (Å²) in [6.45, 7) is 0. The fourth-order valence-electron chi connectivity index (χ4n) is 5.42. The molecule has 6 aromatic carbocycles. The minimum atomic E-state index is 0.154. The van der Waals surface area contributed by atoms with Crippen molar-refractivity contribution in [1.29, 1.82) is 5.41 Å². The molecule has 43 heavy (non-hydrogen) atoms. The number of hydrogen-bond acceptors (Lipinski definition) is 1. The van der Waals surface area contributed by atoms with E-state index in [2.05, 4.69) is 77.4 Å². The van der Waals surface area contributed by atoms with E-state index in [1.54, 1.807) is 0 Å². The Hall–Kier alpha value is -5.87. The minimum absolute atomic E-state index is 0.154. The van der Waals surface area contributed by atoms with Gasteiger partial charge in [0.05, 0.1) is 11.0 Å². The Labute approximate surface area is 250 Å². The van der Waals surface area contributed by atoms with Gasteiger partial charge in [-0.15, -0.1) is 0 Å². The van der Waals surface area contributed by atoms with Crippen molar-refractivity contribution in [2.75, 3.05) is 0 Å². The first kappa shape index (κ1) is 26.1. The van der Waals surface area contributed by atoms with E-state index >= 15 is 0 Å². The van der Waals surface area contributed by atoms with Crippen molar-refractivity contribution in [1.82, 2.24) is 4.57 Å². The molecule has 0 unspecified atom stereocenters. The van der Waals surface area contributed by atoms with Crippen LogP contribution in [-0.2, 0) is 0 Å². The summed E-state index contributed by atoms with van der Waals surface area (Å²) in [6, 6.07) is 53.3. The van der Waals surface area contributed by atoms with E-state index in [0.29, 0.717) is 5.84 Å². The second-order valence-corrected chi connectivity index (χ2v) is 10.3. The van der Waals surface area contributed by atoms with Crippen molar-refractivity contribution in [2.24, 2.45) is 9.98 Å². The molecule has 4 heteroatoms. The molecular formula is C39H28N4. The van der Waals surface area contributed by atoms with Crippen LogP contribution in [0, 0.1) is 5.41 Å². The highest BCUT2D eigenvalue weighted by molar-refractivity contribution is 6.15. The molecule has 1 N–H and O–H groups in total. The first-order chi connectivity index (χ1) is 21.2. The maximum absolute atomic E-state index is 8.91. The predicted molar refractivity (Wildman–Crippen MR) is 180 cm³/mol. The highest BCUT2D eigenvalue weighted by Gasteiger charge is 2.11. The smallest absolute Gasteiger partial charge is 0.163 e. The van der Waals surface area contributed by atoms with Crippen LogP contribution >= 0.6 is 0 Å². The zero-order valence-corrected chi connectivity index (χ0v) is 23.4. The van der Waals surface area contributed by atoms with Crippen LogP contribution in [0.3, 0.4) is 0 Å². The maximum Gasteiger partial charge on any atom is 0.163 e. The monoisotopic (exact) mass is 552 g/mol. The quantitative estimate of drug-likeness (QED) is 0.163. The lowest BCUT2D eigenvalue weighted by Crippen LogP contribution is -2.06. The fourth-order valence-corrected chi connectivity index (χ4v) is 5.42. The lowest BCUT2D eigenvalue weighted by atomic mass is 10.0. The van der Waals surface area contributed by atoms with Gasteiger partial charge in [0.2, 0.25) is 0 Å². The molecule has 1 aromatic heterocycles.